The van der Waals surface area contributed by atoms with E-state index in [9.17, 15) is 13.6 Å². The summed E-state index contributed by atoms with van der Waals surface area (Å²) in [6.45, 7) is 2.79. The van der Waals surface area contributed by atoms with Crippen LogP contribution in [0.25, 0.3) is 0 Å². The Labute approximate surface area is 163 Å². The summed E-state index contributed by atoms with van der Waals surface area (Å²) in [5.74, 6) is -3.48. The van der Waals surface area contributed by atoms with Crippen LogP contribution in [0.5, 0.6) is 11.5 Å². The number of hydrogen-bond acceptors (Lipinski definition) is 4. The predicted octanol–water partition coefficient (Wildman–Crippen LogP) is 5.79. The van der Waals surface area contributed by atoms with Gasteiger partial charge < -0.3 is 9.47 Å². The molecule has 0 heterocycles. The first-order chi connectivity index (χ1) is 13.6. The smallest absolute Gasteiger partial charge is 0.343 e. The van der Waals surface area contributed by atoms with Gasteiger partial charge in [-0.1, -0.05) is 39.0 Å². The summed E-state index contributed by atoms with van der Waals surface area (Å²) in [6, 6.07) is 9.87. The molecular weight excluding hydrogens is 364 g/mol. The van der Waals surface area contributed by atoms with Crippen molar-refractivity contribution >= 4 is 5.97 Å². The number of nitrogens with zero attached hydrogens (tertiary/aromatic N) is 1. The summed E-state index contributed by atoms with van der Waals surface area (Å²) in [7, 11) is 0. The molecule has 4 nitrogen and oxygen atoms in total. The molecule has 0 aliphatic carbocycles. The summed E-state index contributed by atoms with van der Waals surface area (Å²) >= 11 is 0. The van der Waals surface area contributed by atoms with Crippen molar-refractivity contribution in [2.75, 3.05) is 6.61 Å². The normalized spacial score (nSPS) is 10.4. The average Bonchev–Trinajstić information content (AvgIpc) is 2.71. The molecular formula is C22H23F2NO3. The Morgan fingerprint density at radius 1 is 0.964 bits per heavy atom. The van der Waals surface area contributed by atoms with Crippen LogP contribution in [0.1, 0.15) is 61.4 Å². The van der Waals surface area contributed by atoms with Gasteiger partial charge in [0.25, 0.3) is 0 Å². The van der Waals surface area contributed by atoms with E-state index in [2.05, 4.69) is 6.92 Å². The Hall–Kier alpha value is -2.94. The highest BCUT2D eigenvalue weighted by Crippen LogP contribution is 2.23. The first kappa shape index (κ1) is 21.4. The minimum Gasteiger partial charge on any atom is -0.494 e. The maximum Gasteiger partial charge on any atom is 0.343 e. The molecule has 0 N–H and O–H groups in total. The van der Waals surface area contributed by atoms with Crippen LogP contribution in [-0.2, 0) is 0 Å². The van der Waals surface area contributed by atoms with Crippen molar-refractivity contribution in [3.8, 4) is 17.6 Å². The molecule has 0 amide bonds. The number of nitriles is 1. The minimum absolute atomic E-state index is 0.177. The summed E-state index contributed by atoms with van der Waals surface area (Å²) in [6.07, 6.45) is 7.02. The van der Waals surface area contributed by atoms with E-state index < -0.39 is 28.9 Å². The standard InChI is InChI=1S/C22H23F2NO3/c1-2-3-4-5-6-7-14-27-18-11-8-16(9-12-18)22(26)28-19-13-10-17(15-25)20(23)21(19)24/h8-13H,2-7,14H2,1H3. The van der Waals surface area contributed by atoms with Crippen molar-refractivity contribution in [2.24, 2.45) is 0 Å². The van der Waals surface area contributed by atoms with E-state index in [1.54, 1.807) is 12.1 Å². The zero-order chi connectivity index (χ0) is 20.4. The molecule has 0 fully saturated rings. The fourth-order valence-corrected chi connectivity index (χ4v) is 2.62. The number of ether oxygens (including phenoxy) is 2. The van der Waals surface area contributed by atoms with Gasteiger partial charge in [-0.15, -0.1) is 0 Å². The predicted molar refractivity (Wildman–Crippen MR) is 101 cm³/mol. The summed E-state index contributed by atoms with van der Waals surface area (Å²) in [5, 5.41) is 8.67. The van der Waals surface area contributed by atoms with Gasteiger partial charge in [-0.25, -0.2) is 9.18 Å². The van der Waals surface area contributed by atoms with Crippen LogP contribution in [0.4, 0.5) is 8.78 Å². The topological polar surface area (TPSA) is 59.3 Å². The molecule has 2 rings (SSSR count). The first-order valence-corrected chi connectivity index (χ1v) is 9.40. The van der Waals surface area contributed by atoms with Gasteiger partial charge in [0.1, 0.15) is 11.8 Å². The number of carbonyl (C=O) groups is 1. The van der Waals surface area contributed by atoms with E-state index in [-0.39, 0.29) is 5.56 Å². The zero-order valence-electron chi connectivity index (χ0n) is 15.8. The lowest BCUT2D eigenvalue weighted by atomic mass is 10.1. The second-order valence-electron chi connectivity index (χ2n) is 6.38. The third-order valence-corrected chi connectivity index (χ3v) is 4.23. The number of hydrogen-bond donors (Lipinski definition) is 0. The van der Waals surface area contributed by atoms with Crippen LogP contribution in [0, 0.1) is 23.0 Å². The molecule has 0 saturated carbocycles. The molecule has 0 atom stereocenters. The van der Waals surface area contributed by atoms with E-state index in [1.165, 1.54) is 43.9 Å². The molecule has 2 aromatic rings. The second kappa shape index (κ2) is 11.0. The number of unbranched alkanes of at least 4 members (excludes halogenated alkanes) is 5. The van der Waals surface area contributed by atoms with Gasteiger partial charge in [-0.3, -0.25) is 0 Å². The van der Waals surface area contributed by atoms with Crippen molar-refractivity contribution in [3.63, 3.8) is 0 Å². The molecule has 0 aliphatic heterocycles. The quantitative estimate of drug-likeness (QED) is 0.294. The van der Waals surface area contributed by atoms with Gasteiger partial charge in [-0.2, -0.15) is 9.65 Å². The summed E-state index contributed by atoms with van der Waals surface area (Å²) in [5.41, 5.74) is -0.278. The van der Waals surface area contributed by atoms with E-state index in [4.69, 9.17) is 14.7 Å². The lowest BCUT2D eigenvalue weighted by molar-refractivity contribution is 0.0726. The van der Waals surface area contributed by atoms with Crippen molar-refractivity contribution in [2.45, 2.75) is 45.4 Å². The van der Waals surface area contributed by atoms with Crippen molar-refractivity contribution < 1.29 is 23.0 Å². The van der Waals surface area contributed by atoms with Gasteiger partial charge in [0, 0.05) is 0 Å². The van der Waals surface area contributed by atoms with Crippen LogP contribution in [0.15, 0.2) is 36.4 Å². The highest BCUT2D eigenvalue weighted by atomic mass is 19.2. The Morgan fingerprint density at radius 2 is 1.64 bits per heavy atom. The van der Waals surface area contributed by atoms with E-state index in [0.717, 1.165) is 25.0 Å². The third-order valence-electron chi connectivity index (χ3n) is 4.23. The molecule has 28 heavy (non-hydrogen) atoms. The van der Waals surface area contributed by atoms with Gasteiger partial charge in [0.15, 0.2) is 11.6 Å². The molecule has 0 aliphatic rings. The molecule has 2 aromatic carbocycles. The Kier molecular flexibility index (Phi) is 8.41. The fraction of sp³-hybridized carbons (Fsp3) is 0.364. The van der Waals surface area contributed by atoms with Crippen LogP contribution in [0.3, 0.4) is 0 Å². The Morgan fingerprint density at radius 3 is 2.32 bits per heavy atom. The lowest BCUT2D eigenvalue weighted by Crippen LogP contribution is -2.10. The second-order valence-corrected chi connectivity index (χ2v) is 6.38. The summed E-state index contributed by atoms with van der Waals surface area (Å²) in [4.78, 5) is 12.1. The van der Waals surface area contributed by atoms with E-state index in [1.807, 2.05) is 0 Å². The molecule has 0 aromatic heterocycles. The average molecular weight is 387 g/mol. The fourth-order valence-electron chi connectivity index (χ4n) is 2.62. The number of esters is 1. The first-order valence-electron chi connectivity index (χ1n) is 9.40. The highest BCUT2D eigenvalue weighted by molar-refractivity contribution is 5.91. The van der Waals surface area contributed by atoms with Crippen LogP contribution < -0.4 is 9.47 Å². The molecule has 0 bridgehead atoms. The number of rotatable bonds is 10. The molecule has 0 saturated heterocycles. The van der Waals surface area contributed by atoms with E-state index in [0.29, 0.717) is 12.4 Å². The van der Waals surface area contributed by atoms with Crippen molar-refractivity contribution in [1.29, 1.82) is 5.26 Å². The van der Waals surface area contributed by atoms with Gasteiger partial charge in [0.05, 0.1) is 17.7 Å². The summed E-state index contributed by atoms with van der Waals surface area (Å²) < 4.78 is 38.0. The zero-order valence-corrected chi connectivity index (χ0v) is 15.8. The number of benzene rings is 2. The van der Waals surface area contributed by atoms with Crippen LogP contribution in [-0.4, -0.2) is 12.6 Å². The lowest BCUT2D eigenvalue weighted by Gasteiger charge is -2.08. The molecule has 148 valence electrons. The number of halogens is 2. The maximum absolute atomic E-state index is 13.8. The third kappa shape index (κ3) is 6.05. The Balaban J connectivity index is 1.85. The van der Waals surface area contributed by atoms with E-state index >= 15 is 0 Å². The van der Waals surface area contributed by atoms with Gasteiger partial charge >= 0.3 is 5.97 Å². The Bertz CT molecular complexity index is 829. The van der Waals surface area contributed by atoms with Crippen LogP contribution in [0.2, 0.25) is 0 Å². The SMILES string of the molecule is CCCCCCCCOc1ccc(C(=O)Oc2ccc(C#N)c(F)c2F)cc1. The number of carbonyl (C=O) groups excluding carboxylic acids is 1. The molecule has 6 heteroatoms. The van der Waals surface area contributed by atoms with Crippen molar-refractivity contribution in [3.05, 3.63) is 59.2 Å². The minimum atomic E-state index is -1.37. The van der Waals surface area contributed by atoms with Gasteiger partial charge in [-0.05, 0) is 42.8 Å². The largest absolute Gasteiger partial charge is 0.494 e. The maximum atomic E-state index is 13.8. The van der Waals surface area contributed by atoms with Gasteiger partial charge in [0.2, 0.25) is 5.82 Å². The molecule has 0 spiro atoms. The highest BCUT2D eigenvalue weighted by Gasteiger charge is 2.18. The molecule has 0 unspecified atom stereocenters. The molecule has 0 radical (unpaired) electrons. The van der Waals surface area contributed by atoms with Crippen molar-refractivity contribution in [1.82, 2.24) is 0 Å². The van der Waals surface area contributed by atoms with Crippen LogP contribution >= 0.6 is 0 Å². The monoisotopic (exact) mass is 387 g/mol.